The monoisotopic (exact) mass is 812 g/mol. The number of nitrogens with zero attached hydrogens (tertiary/aromatic N) is 5. The Hall–Kier alpha value is -4.87. The number of hydrogen-bond acceptors (Lipinski definition) is 6. The molecule has 8 rings (SSSR count). The molecule has 5 heterocycles. The van der Waals surface area contributed by atoms with Crippen molar-refractivity contribution in [3.05, 3.63) is 108 Å². The van der Waals surface area contributed by atoms with E-state index < -0.39 is 0 Å². The molecule has 5 aromatic heterocycles. The van der Waals surface area contributed by atoms with E-state index in [1.165, 1.54) is 0 Å². The van der Waals surface area contributed by atoms with E-state index in [1.807, 2.05) is 66.7 Å². The fourth-order valence-electron chi connectivity index (χ4n) is 6.41. The van der Waals surface area contributed by atoms with Crippen LogP contribution >= 0.6 is 0 Å². The van der Waals surface area contributed by atoms with Crippen LogP contribution in [0.2, 0.25) is 0 Å². The van der Waals surface area contributed by atoms with E-state index in [9.17, 15) is 5.11 Å². The van der Waals surface area contributed by atoms with Crippen molar-refractivity contribution in [3.63, 3.8) is 0 Å². The summed E-state index contributed by atoms with van der Waals surface area (Å²) in [5, 5.41) is 14.9. The van der Waals surface area contributed by atoms with Crippen LogP contribution < -0.4 is 0 Å². The van der Waals surface area contributed by atoms with Gasteiger partial charge in [-0.05, 0) is 64.9 Å². The Morgan fingerprint density at radius 2 is 1.44 bits per heavy atom. The van der Waals surface area contributed by atoms with Gasteiger partial charge in [-0.15, -0.1) is 0 Å². The summed E-state index contributed by atoms with van der Waals surface area (Å²) in [6.45, 7) is 12.9. The molecule has 0 aliphatic carbocycles. The summed E-state index contributed by atoms with van der Waals surface area (Å²) < 4.78 is 8.52. The van der Waals surface area contributed by atoms with Crippen LogP contribution in [-0.2, 0) is 31.9 Å². The molecule has 0 aliphatic heterocycles. The van der Waals surface area contributed by atoms with Crippen molar-refractivity contribution in [1.82, 2.24) is 24.5 Å². The molecule has 242 valence electrons. The van der Waals surface area contributed by atoms with Crippen molar-refractivity contribution < 1.29 is 30.6 Å². The van der Waals surface area contributed by atoms with Crippen molar-refractivity contribution in [2.45, 2.75) is 52.4 Å². The van der Waals surface area contributed by atoms with Crippen LogP contribution in [0.5, 0.6) is 5.75 Å². The van der Waals surface area contributed by atoms with E-state index in [0.29, 0.717) is 45.3 Å². The molecule has 0 unspecified atom stereocenters. The standard InChI is InChI=1S/C40H35N5O2.Pt/c1-39(2,3)23-21-27(35(46)28(22-23)40(4,5)6)34-36-33(26-14-8-10-18-31(26)47-36)43-37(44-34)29-16-11-19-32(42-29)45-30-17-9-7-13-24(30)25-15-12-20-41-38(25)45;/h7-22,46H,1-6H3;. The van der Waals surface area contributed by atoms with Crippen LogP contribution in [0.1, 0.15) is 52.7 Å². The van der Waals surface area contributed by atoms with Crippen LogP contribution in [0.15, 0.2) is 102 Å². The molecular formula is C40H35N5O2Pt. The minimum Gasteiger partial charge on any atom is -0.507 e. The van der Waals surface area contributed by atoms with Crippen molar-refractivity contribution >= 4 is 44.0 Å². The van der Waals surface area contributed by atoms with Gasteiger partial charge < -0.3 is 9.52 Å². The fourth-order valence-corrected chi connectivity index (χ4v) is 6.41. The van der Waals surface area contributed by atoms with E-state index in [4.69, 9.17) is 24.4 Å². The van der Waals surface area contributed by atoms with Gasteiger partial charge in [-0.1, -0.05) is 84.0 Å². The third kappa shape index (κ3) is 5.08. The molecule has 0 spiro atoms. The molecule has 8 aromatic rings. The Morgan fingerprint density at radius 3 is 2.21 bits per heavy atom. The number of hydrogen-bond donors (Lipinski definition) is 1. The second kappa shape index (κ2) is 11.4. The maximum atomic E-state index is 11.9. The SMILES string of the molecule is CC(C)(C)c1cc(-c2nc(-c3cccc(-n4c5ccccc5c5cccnc54)n3)nc3c2oc2ccccc23)c(O)c(C(C)(C)C)c1.[Pt]. The number of pyridine rings is 2. The Balaban J connectivity index is 0.00000364. The number of aromatic hydroxyl groups is 1. The third-order valence-corrected chi connectivity index (χ3v) is 8.89. The molecule has 8 heteroatoms. The number of benzene rings is 3. The summed E-state index contributed by atoms with van der Waals surface area (Å²) >= 11 is 0. The Morgan fingerprint density at radius 1 is 0.708 bits per heavy atom. The van der Waals surface area contributed by atoms with Crippen molar-refractivity contribution in [1.29, 1.82) is 0 Å². The maximum absolute atomic E-state index is 11.9. The Kier molecular flexibility index (Phi) is 7.52. The molecular weight excluding hydrogens is 778 g/mol. The van der Waals surface area contributed by atoms with Gasteiger partial charge in [-0.25, -0.2) is 19.9 Å². The van der Waals surface area contributed by atoms with Gasteiger partial charge in [-0.3, -0.25) is 4.57 Å². The first kappa shape index (κ1) is 31.7. The average Bonchev–Trinajstić information content (AvgIpc) is 3.59. The van der Waals surface area contributed by atoms with Crippen LogP contribution in [0, 0.1) is 0 Å². The minimum absolute atomic E-state index is 0. The molecule has 1 N–H and O–H groups in total. The fraction of sp³-hybridized carbons (Fsp3) is 0.200. The molecule has 0 bridgehead atoms. The average molecular weight is 813 g/mol. The first-order chi connectivity index (χ1) is 22.5. The van der Waals surface area contributed by atoms with Gasteiger partial charge in [0.25, 0.3) is 0 Å². The van der Waals surface area contributed by atoms with Gasteiger partial charge in [0.05, 0.1) is 5.52 Å². The zero-order chi connectivity index (χ0) is 32.7. The molecule has 48 heavy (non-hydrogen) atoms. The van der Waals surface area contributed by atoms with E-state index >= 15 is 0 Å². The molecule has 0 saturated heterocycles. The second-order valence-electron chi connectivity index (χ2n) is 14.2. The van der Waals surface area contributed by atoms with E-state index in [-0.39, 0.29) is 37.6 Å². The van der Waals surface area contributed by atoms with Gasteiger partial charge in [0, 0.05) is 54.5 Å². The maximum Gasteiger partial charge on any atom is 0.180 e. The number of fused-ring (bicyclic) bond motifs is 6. The third-order valence-electron chi connectivity index (χ3n) is 8.89. The molecule has 0 atom stereocenters. The topological polar surface area (TPSA) is 89.9 Å². The summed E-state index contributed by atoms with van der Waals surface area (Å²) in [5.41, 5.74) is 6.95. The Labute approximate surface area is 293 Å². The van der Waals surface area contributed by atoms with E-state index in [0.717, 1.165) is 38.4 Å². The molecule has 0 radical (unpaired) electrons. The molecule has 0 amide bonds. The number of para-hydroxylation sites is 2. The summed E-state index contributed by atoms with van der Waals surface area (Å²) in [7, 11) is 0. The van der Waals surface area contributed by atoms with Gasteiger partial charge >= 0.3 is 0 Å². The number of furan rings is 1. The minimum atomic E-state index is -0.310. The smallest absolute Gasteiger partial charge is 0.180 e. The van der Waals surface area contributed by atoms with Crippen LogP contribution in [0.4, 0.5) is 0 Å². The molecule has 0 fully saturated rings. The first-order valence-corrected chi connectivity index (χ1v) is 15.9. The predicted molar refractivity (Wildman–Crippen MR) is 189 cm³/mol. The predicted octanol–water partition coefficient (Wildman–Crippen LogP) is 9.90. The number of phenols is 1. The number of phenolic OH excluding ortho intramolecular Hbond substituents is 1. The molecule has 0 aliphatic rings. The molecule has 0 saturated carbocycles. The van der Waals surface area contributed by atoms with E-state index in [2.05, 4.69) is 70.4 Å². The number of aromatic nitrogens is 5. The Bertz CT molecular complexity index is 2460. The number of rotatable bonds is 3. The van der Waals surface area contributed by atoms with Gasteiger partial charge in [0.15, 0.2) is 11.4 Å². The van der Waals surface area contributed by atoms with Crippen molar-refractivity contribution in [2.75, 3.05) is 0 Å². The van der Waals surface area contributed by atoms with E-state index in [1.54, 1.807) is 6.20 Å². The van der Waals surface area contributed by atoms with Gasteiger partial charge in [0.2, 0.25) is 0 Å². The van der Waals surface area contributed by atoms with Crippen LogP contribution in [-0.4, -0.2) is 29.6 Å². The van der Waals surface area contributed by atoms with Gasteiger partial charge in [0.1, 0.15) is 39.7 Å². The second-order valence-corrected chi connectivity index (χ2v) is 14.2. The zero-order valence-corrected chi connectivity index (χ0v) is 29.9. The van der Waals surface area contributed by atoms with Crippen LogP contribution in [0.3, 0.4) is 0 Å². The first-order valence-electron chi connectivity index (χ1n) is 15.9. The summed E-state index contributed by atoms with van der Waals surface area (Å²) in [4.78, 5) is 20.1. The largest absolute Gasteiger partial charge is 0.507 e. The summed E-state index contributed by atoms with van der Waals surface area (Å²) in [6.07, 6.45) is 1.80. The molecule has 3 aromatic carbocycles. The van der Waals surface area contributed by atoms with Crippen molar-refractivity contribution in [2.24, 2.45) is 0 Å². The van der Waals surface area contributed by atoms with Crippen molar-refractivity contribution in [3.8, 4) is 34.3 Å². The quantitative estimate of drug-likeness (QED) is 0.191. The van der Waals surface area contributed by atoms with Gasteiger partial charge in [-0.2, -0.15) is 0 Å². The summed E-state index contributed by atoms with van der Waals surface area (Å²) in [6, 6.07) is 30.2. The van der Waals surface area contributed by atoms with Crippen LogP contribution in [0.25, 0.3) is 72.6 Å². The normalized spacial score (nSPS) is 12.3. The molecule has 7 nitrogen and oxygen atoms in total. The zero-order valence-electron chi connectivity index (χ0n) is 27.6. The summed E-state index contributed by atoms with van der Waals surface area (Å²) in [5.74, 6) is 1.34.